The van der Waals surface area contributed by atoms with Gasteiger partial charge in [-0.25, -0.2) is 4.98 Å². The first-order valence-corrected chi connectivity index (χ1v) is 4.02. The number of nitrogens with zero attached hydrogens (tertiary/aromatic N) is 1. The third kappa shape index (κ3) is 1.09. The van der Waals surface area contributed by atoms with Gasteiger partial charge in [0.25, 0.3) is 0 Å². The van der Waals surface area contributed by atoms with Gasteiger partial charge in [-0.15, -0.1) is 0 Å². The highest BCUT2D eigenvalue weighted by Gasteiger charge is 2.25. The second-order valence-corrected chi connectivity index (χ2v) is 3.05. The summed E-state index contributed by atoms with van der Waals surface area (Å²) in [5.74, 6) is 1.83. The number of imidazole rings is 1. The lowest BCUT2D eigenvalue weighted by Gasteiger charge is -1.83. The molecule has 0 atom stereocenters. The van der Waals surface area contributed by atoms with Crippen molar-refractivity contribution in [3.63, 3.8) is 0 Å². The van der Waals surface area contributed by atoms with Crippen molar-refractivity contribution in [2.45, 2.75) is 25.7 Å². The third-order valence-electron chi connectivity index (χ3n) is 2.07. The van der Waals surface area contributed by atoms with E-state index in [1.807, 2.05) is 13.0 Å². The summed E-state index contributed by atoms with van der Waals surface area (Å²) < 4.78 is 0. The van der Waals surface area contributed by atoms with Crippen LogP contribution in [0.4, 0.5) is 0 Å². The minimum Gasteiger partial charge on any atom is -0.342 e. The van der Waals surface area contributed by atoms with Crippen LogP contribution in [-0.4, -0.2) is 9.97 Å². The molecular weight excluding hydrogens is 136 g/mol. The maximum Gasteiger partial charge on any atom is 0.110 e. The van der Waals surface area contributed by atoms with Crippen molar-refractivity contribution in [1.29, 1.82) is 0 Å². The second-order valence-electron chi connectivity index (χ2n) is 3.05. The van der Waals surface area contributed by atoms with Crippen LogP contribution >= 0.6 is 0 Å². The molecule has 1 N–H and O–H groups in total. The topological polar surface area (TPSA) is 28.7 Å². The largest absolute Gasteiger partial charge is 0.342 e. The quantitative estimate of drug-likeness (QED) is 0.617. The molecule has 58 valence electrons. The van der Waals surface area contributed by atoms with Gasteiger partial charge in [-0.2, -0.15) is 0 Å². The summed E-state index contributed by atoms with van der Waals surface area (Å²) in [7, 11) is 0. The molecule has 0 amide bonds. The fraction of sp³-hybridized carbons (Fsp3) is 0.444. The molecule has 2 nitrogen and oxygen atoms in total. The Balaban J connectivity index is 2.53. The Labute approximate surface area is 65.7 Å². The molecule has 1 saturated carbocycles. The molecule has 1 aliphatic carbocycles. The normalized spacial score (nSPS) is 19.2. The molecule has 0 saturated heterocycles. The molecule has 1 aromatic rings. The molecule has 1 aliphatic rings. The van der Waals surface area contributed by atoms with Crippen molar-refractivity contribution in [2.24, 2.45) is 0 Å². The lowest BCUT2D eigenvalue weighted by molar-refractivity contribution is 0.967. The number of hydrogen-bond acceptors (Lipinski definition) is 1. The fourth-order valence-corrected chi connectivity index (χ4v) is 1.23. The Bertz CT molecular complexity index is 357. The second kappa shape index (κ2) is 2.22. The zero-order chi connectivity index (χ0) is 7.84. The maximum absolute atomic E-state index is 4.42. The van der Waals surface area contributed by atoms with E-state index in [-0.39, 0.29) is 0 Å². The van der Waals surface area contributed by atoms with Gasteiger partial charge in [-0.05, 0) is 19.8 Å². The summed E-state index contributed by atoms with van der Waals surface area (Å²) in [6.07, 6.45) is 4.57. The molecule has 0 radical (unpaired) electrons. The summed E-state index contributed by atoms with van der Waals surface area (Å²) in [4.78, 5) is 7.62. The van der Waals surface area contributed by atoms with E-state index >= 15 is 0 Å². The van der Waals surface area contributed by atoms with E-state index < -0.39 is 0 Å². The van der Waals surface area contributed by atoms with Crippen molar-refractivity contribution in [3.8, 4) is 0 Å². The van der Waals surface area contributed by atoms with Gasteiger partial charge in [-0.3, -0.25) is 0 Å². The van der Waals surface area contributed by atoms with E-state index in [9.17, 15) is 0 Å². The Morgan fingerprint density at radius 2 is 2.36 bits per heavy atom. The molecule has 2 rings (SSSR count). The van der Waals surface area contributed by atoms with Crippen molar-refractivity contribution < 1.29 is 0 Å². The van der Waals surface area contributed by atoms with Gasteiger partial charge in [0.15, 0.2) is 0 Å². The number of rotatable bonds is 1. The maximum atomic E-state index is 4.42. The average molecular weight is 148 g/mol. The smallest absolute Gasteiger partial charge is 0.110 e. The van der Waals surface area contributed by atoms with Gasteiger partial charge in [0.05, 0.1) is 10.7 Å². The highest BCUT2D eigenvalue weighted by molar-refractivity contribution is 5.19. The van der Waals surface area contributed by atoms with Crippen LogP contribution in [-0.2, 0) is 0 Å². The average Bonchev–Trinajstić information content (AvgIpc) is 2.76. The Morgan fingerprint density at radius 1 is 1.64 bits per heavy atom. The summed E-state index contributed by atoms with van der Waals surface area (Å²) in [6.45, 7) is 5.86. The van der Waals surface area contributed by atoms with Crippen LogP contribution < -0.4 is 10.7 Å². The standard InChI is InChI=1S/C9H12N2/c1-3-8-6(2)10-9(11-8)7-4-5-7/h3,7H,2,4-5H2,1H3,(H,10,11)/b8-3+. The lowest BCUT2D eigenvalue weighted by atomic mass is 10.4. The molecule has 1 aromatic heterocycles. The van der Waals surface area contributed by atoms with Gasteiger partial charge in [0.2, 0.25) is 0 Å². The summed E-state index contributed by atoms with van der Waals surface area (Å²) in [5, 5.41) is 1.96. The van der Waals surface area contributed by atoms with Gasteiger partial charge in [-0.1, -0.05) is 12.7 Å². The number of H-pyrrole nitrogens is 1. The highest BCUT2D eigenvalue weighted by atomic mass is 14.9. The third-order valence-corrected chi connectivity index (χ3v) is 2.07. The predicted molar refractivity (Wildman–Crippen MR) is 45.5 cm³/mol. The van der Waals surface area contributed by atoms with Crippen molar-refractivity contribution >= 4 is 12.7 Å². The highest BCUT2D eigenvalue weighted by Crippen LogP contribution is 2.36. The lowest BCUT2D eigenvalue weighted by Crippen LogP contribution is -2.21. The zero-order valence-electron chi connectivity index (χ0n) is 6.72. The molecule has 0 aromatic carbocycles. The van der Waals surface area contributed by atoms with E-state index in [4.69, 9.17) is 0 Å². The molecule has 2 heteroatoms. The van der Waals surface area contributed by atoms with Crippen molar-refractivity contribution in [1.82, 2.24) is 9.97 Å². The molecule has 0 bridgehead atoms. The van der Waals surface area contributed by atoms with Crippen LogP contribution in [0.25, 0.3) is 12.7 Å². The first-order valence-electron chi connectivity index (χ1n) is 4.02. The van der Waals surface area contributed by atoms with Gasteiger partial charge in [0.1, 0.15) is 5.82 Å². The van der Waals surface area contributed by atoms with E-state index in [1.165, 1.54) is 12.8 Å². The summed E-state index contributed by atoms with van der Waals surface area (Å²) in [5.41, 5.74) is 0. The minimum atomic E-state index is 0.698. The zero-order valence-corrected chi connectivity index (χ0v) is 6.72. The van der Waals surface area contributed by atoms with Gasteiger partial charge < -0.3 is 4.98 Å². The monoisotopic (exact) mass is 148 g/mol. The number of nitrogens with one attached hydrogen (secondary N) is 1. The van der Waals surface area contributed by atoms with E-state index in [1.54, 1.807) is 0 Å². The molecule has 0 spiro atoms. The van der Waals surface area contributed by atoms with Gasteiger partial charge >= 0.3 is 0 Å². The van der Waals surface area contributed by atoms with Crippen LogP contribution in [0.5, 0.6) is 0 Å². The van der Waals surface area contributed by atoms with Crippen LogP contribution in [0.2, 0.25) is 0 Å². The molecule has 1 heterocycles. The van der Waals surface area contributed by atoms with Crippen LogP contribution in [0, 0.1) is 0 Å². The van der Waals surface area contributed by atoms with E-state index in [2.05, 4.69) is 16.5 Å². The Morgan fingerprint density at radius 3 is 2.82 bits per heavy atom. The number of aromatic amines is 1. The van der Waals surface area contributed by atoms with E-state index in [0.29, 0.717) is 5.92 Å². The minimum absolute atomic E-state index is 0.698. The van der Waals surface area contributed by atoms with Gasteiger partial charge in [0, 0.05) is 5.92 Å². The van der Waals surface area contributed by atoms with Crippen molar-refractivity contribution in [3.05, 3.63) is 16.5 Å². The first kappa shape index (κ1) is 6.65. The molecule has 0 aliphatic heterocycles. The van der Waals surface area contributed by atoms with Crippen LogP contribution in [0.15, 0.2) is 0 Å². The number of hydrogen-bond donors (Lipinski definition) is 1. The summed E-state index contributed by atoms with van der Waals surface area (Å²) >= 11 is 0. The predicted octanol–water partition coefficient (Wildman–Crippen LogP) is 0.498. The van der Waals surface area contributed by atoms with E-state index in [0.717, 1.165) is 16.5 Å². The Hall–Kier alpha value is -1.05. The Kier molecular flexibility index (Phi) is 1.34. The molecule has 11 heavy (non-hydrogen) atoms. The SMILES string of the molecule is C=c1[nH]c(C2CC2)n/c1=C/C. The molecular formula is C9H12N2. The molecule has 1 fully saturated rings. The number of aromatic nitrogens is 2. The summed E-state index contributed by atoms with van der Waals surface area (Å²) in [6, 6.07) is 0. The van der Waals surface area contributed by atoms with Crippen LogP contribution in [0.3, 0.4) is 0 Å². The first-order chi connectivity index (χ1) is 5.31. The van der Waals surface area contributed by atoms with Crippen LogP contribution in [0.1, 0.15) is 31.5 Å². The molecule has 0 unspecified atom stereocenters. The fourth-order valence-electron chi connectivity index (χ4n) is 1.23. The van der Waals surface area contributed by atoms with Crippen molar-refractivity contribution in [2.75, 3.05) is 0 Å².